The van der Waals surface area contributed by atoms with E-state index in [1.165, 1.54) is 17.5 Å². The molecular formula is C13H14Cl2N6OS. The maximum atomic E-state index is 11.8. The molecule has 3 N–H and O–H groups in total. The summed E-state index contributed by atoms with van der Waals surface area (Å²) in [6.07, 6.45) is 3.82. The van der Waals surface area contributed by atoms with Crippen molar-refractivity contribution in [3.8, 4) is 0 Å². The van der Waals surface area contributed by atoms with Crippen LogP contribution in [0.2, 0.25) is 10.0 Å². The minimum Gasteiger partial charge on any atom is -0.367 e. The molecule has 0 unspecified atom stereocenters. The molecule has 122 valence electrons. The van der Waals surface area contributed by atoms with E-state index in [0.717, 1.165) is 17.8 Å². The third-order valence-corrected chi connectivity index (χ3v) is 4.59. The van der Waals surface area contributed by atoms with Crippen LogP contribution in [0.1, 0.15) is 23.8 Å². The van der Waals surface area contributed by atoms with E-state index in [-0.39, 0.29) is 6.03 Å². The van der Waals surface area contributed by atoms with E-state index in [1.54, 1.807) is 6.07 Å². The third-order valence-electron chi connectivity index (χ3n) is 3.10. The van der Waals surface area contributed by atoms with E-state index in [4.69, 9.17) is 23.2 Å². The maximum absolute atomic E-state index is 11.8. The molecular weight excluding hydrogens is 359 g/mol. The molecule has 3 rings (SSSR count). The molecule has 0 radical (unpaired) electrons. The van der Waals surface area contributed by atoms with Gasteiger partial charge in [0.05, 0.1) is 10.0 Å². The summed E-state index contributed by atoms with van der Waals surface area (Å²) in [7, 11) is 0. The van der Waals surface area contributed by atoms with Gasteiger partial charge in [-0.05, 0) is 18.9 Å². The highest BCUT2D eigenvalue weighted by Crippen LogP contribution is 2.41. The Morgan fingerprint density at radius 1 is 1.30 bits per heavy atom. The first-order valence-corrected chi connectivity index (χ1v) is 8.62. The number of amides is 2. The van der Waals surface area contributed by atoms with Gasteiger partial charge < -0.3 is 10.6 Å². The maximum Gasteiger partial charge on any atom is 0.321 e. The Balaban J connectivity index is 1.38. The van der Waals surface area contributed by atoms with Gasteiger partial charge in [-0.2, -0.15) is 0 Å². The number of anilines is 2. The number of nitrogens with zero attached hydrogens (tertiary/aromatic N) is 3. The number of aromatic nitrogens is 3. The molecule has 0 atom stereocenters. The number of carbonyl (C=O) groups is 1. The average Bonchev–Trinajstić information content (AvgIpc) is 3.26. The zero-order valence-corrected chi connectivity index (χ0v) is 14.3. The number of rotatable bonds is 6. The largest absolute Gasteiger partial charge is 0.367 e. The molecule has 0 spiro atoms. The Labute approximate surface area is 146 Å². The highest BCUT2D eigenvalue weighted by atomic mass is 35.5. The van der Waals surface area contributed by atoms with E-state index in [0.29, 0.717) is 40.0 Å². The smallest absolute Gasteiger partial charge is 0.321 e. The Bertz CT molecular complexity index is 706. The summed E-state index contributed by atoms with van der Waals surface area (Å²) in [5.74, 6) is 1.06. The molecule has 2 aromatic rings. The lowest BCUT2D eigenvalue weighted by atomic mass is 10.4. The lowest BCUT2D eigenvalue weighted by Crippen LogP contribution is -2.32. The Morgan fingerprint density at radius 3 is 2.87 bits per heavy atom. The summed E-state index contributed by atoms with van der Waals surface area (Å²) in [6, 6.07) is 1.28. The minimum absolute atomic E-state index is 0.319. The van der Waals surface area contributed by atoms with Gasteiger partial charge >= 0.3 is 6.03 Å². The van der Waals surface area contributed by atoms with Crippen molar-refractivity contribution in [3.05, 3.63) is 27.3 Å². The molecule has 2 heterocycles. The van der Waals surface area contributed by atoms with Gasteiger partial charge in [0.15, 0.2) is 0 Å². The first-order chi connectivity index (χ1) is 11.1. The third kappa shape index (κ3) is 4.66. The summed E-state index contributed by atoms with van der Waals surface area (Å²) in [5, 5.41) is 18.8. The molecule has 7 nitrogen and oxygen atoms in total. The molecule has 0 aliphatic heterocycles. The van der Waals surface area contributed by atoms with Crippen LogP contribution in [0.4, 0.5) is 15.7 Å². The Morgan fingerprint density at radius 2 is 2.13 bits per heavy atom. The minimum atomic E-state index is -0.319. The molecule has 1 saturated carbocycles. The topological polar surface area (TPSA) is 91.8 Å². The van der Waals surface area contributed by atoms with Gasteiger partial charge in [0, 0.05) is 25.2 Å². The fourth-order valence-corrected chi connectivity index (χ4v) is 3.18. The second-order valence-corrected chi connectivity index (χ2v) is 6.86. The molecule has 2 amide bonds. The summed E-state index contributed by atoms with van der Waals surface area (Å²) in [5.41, 5.74) is 0. The number of nitrogens with one attached hydrogen (secondary N) is 3. The number of pyridine rings is 1. The fraction of sp³-hybridized carbons (Fsp3) is 0.385. The first kappa shape index (κ1) is 16.2. The van der Waals surface area contributed by atoms with Crippen molar-refractivity contribution in [2.45, 2.75) is 18.8 Å². The van der Waals surface area contributed by atoms with Crippen molar-refractivity contribution in [3.63, 3.8) is 0 Å². The number of hydrogen-bond acceptors (Lipinski definition) is 6. The van der Waals surface area contributed by atoms with Crippen LogP contribution in [0, 0.1) is 0 Å². The fourth-order valence-electron chi connectivity index (χ4n) is 1.82. The van der Waals surface area contributed by atoms with Crippen molar-refractivity contribution >= 4 is 51.5 Å². The number of hydrogen-bond donors (Lipinski definition) is 3. The van der Waals surface area contributed by atoms with Crippen LogP contribution < -0.4 is 16.0 Å². The molecule has 0 saturated heterocycles. The Hall–Kier alpha value is -1.64. The van der Waals surface area contributed by atoms with Crippen LogP contribution in [-0.2, 0) is 0 Å². The van der Waals surface area contributed by atoms with Gasteiger partial charge in [-0.25, -0.2) is 9.78 Å². The van der Waals surface area contributed by atoms with Crippen LogP contribution >= 0.6 is 34.5 Å². The molecule has 23 heavy (non-hydrogen) atoms. The predicted octanol–water partition coefficient (Wildman–Crippen LogP) is 3.35. The van der Waals surface area contributed by atoms with E-state index < -0.39 is 0 Å². The molecule has 0 bridgehead atoms. The highest BCUT2D eigenvalue weighted by molar-refractivity contribution is 7.15. The predicted molar refractivity (Wildman–Crippen MR) is 91.7 cm³/mol. The van der Waals surface area contributed by atoms with Gasteiger partial charge in [0.1, 0.15) is 10.8 Å². The van der Waals surface area contributed by atoms with Crippen molar-refractivity contribution in [2.24, 2.45) is 0 Å². The summed E-state index contributed by atoms with van der Waals surface area (Å²) in [4.78, 5) is 15.8. The second kappa shape index (κ2) is 7.29. The van der Waals surface area contributed by atoms with Crippen molar-refractivity contribution in [1.29, 1.82) is 0 Å². The van der Waals surface area contributed by atoms with Gasteiger partial charge in [-0.15, -0.1) is 10.2 Å². The molecule has 2 aromatic heterocycles. The zero-order chi connectivity index (χ0) is 16.2. The molecule has 1 aliphatic carbocycles. The van der Waals surface area contributed by atoms with Crippen molar-refractivity contribution < 1.29 is 4.79 Å². The zero-order valence-electron chi connectivity index (χ0n) is 12.0. The van der Waals surface area contributed by atoms with E-state index >= 15 is 0 Å². The van der Waals surface area contributed by atoms with E-state index in [9.17, 15) is 4.79 Å². The monoisotopic (exact) mass is 372 g/mol. The lowest BCUT2D eigenvalue weighted by molar-refractivity contribution is 0.252. The normalized spacial score (nSPS) is 13.7. The summed E-state index contributed by atoms with van der Waals surface area (Å²) >= 11 is 13.2. The van der Waals surface area contributed by atoms with Crippen LogP contribution in [0.25, 0.3) is 0 Å². The van der Waals surface area contributed by atoms with Gasteiger partial charge in [0.2, 0.25) is 5.13 Å². The average molecular weight is 373 g/mol. The first-order valence-electron chi connectivity index (χ1n) is 7.05. The molecule has 0 aromatic carbocycles. The summed E-state index contributed by atoms with van der Waals surface area (Å²) < 4.78 is 0. The highest BCUT2D eigenvalue weighted by Gasteiger charge is 2.27. The van der Waals surface area contributed by atoms with E-state index in [1.807, 2.05) is 0 Å². The van der Waals surface area contributed by atoms with Crippen LogP contribution in [0.5, 0.6) is 0 Å². The van der Waals surface area contributed by atoms with Gasteiger partial charge in [-0.3, -0.25) is 5.32 Å². The number of halogens is 2. The van der Waals surface area contributed by atoms with Crippen LogP contribution in [-0.4, -0.2) is 34.3 Å². The molecule has 10 heteroatoms. The van der Waals surface area contributed by atoms with Crippen molar-refractivity contribution in [1.82, 2.24) is 20.5 Å². The van der Waals surface area contributed by atoms with Gasteiger partial charge in [0.25, 0.3) is 0 Å². The Kier molecular flexibility index (Phi) is 5.14. The standard InChI is InChI=1S/C13H14Cl2N6OS/c14-8-5-9(15)10(18-6-8)16-3-4-17-12(22)19-13-21-20-11(23-13)7-1-2-7/h5-7H,1-4H2,(H,16,18)(H2,17,19,21,22). The van der Waals surface area contributed by atoms with Crippen LogP contribution in [0.15, 0.2) is 12.3 Å². The van der Waals surface area contributed by atoms with Gasteiger partial charge in [-0.1, -0.05) is 34.5 Å². The second-order valence-electron chi connectivity index (χ2n) is 5.01. The number of urea groups is 1. The van der Waals surface area contributed by atoms with Crippen LogP contribution in [0.3, 0.4) is 0 Å². The lowest BCUT2D eigenvalue weighted by Gasteiger charge is -2.08. The SMILES string of the molecule is O=C(NCCNc1ncc(Cl)cc1Cl)Nc1nnc(C2CC2)s1. The number of carbonyl (C=O) groups excluding carboxylic acids is 1. The van der Waals surface area contributed by atoms with Crippen molar-refractivity contribution in [2.75, 3.05) is 23.7 Å². The van der Waals surface area contributed by atoms with E-state index in [2.05, 4.69) is 31.1 Å². The molecule has 1 fully saturated rings. The summed E-state index contributed by atoms with van der Waals surface area (Å²) in [6.45, 7) is 0.881. The molecule has 1 aliphatic rings. The quantitative estimate of drug-likeness (QED) is 0.676.